The molecule has 4 aromatic rings. The SMILES string of the molecule is C[Si](C)(C)CCOCn1cc(C(=O)O)c2nc(-c3ccc(C(=O)N(Cl)c4ccc(I)cc4)s3)cnc21. The van der Waals surface area contributed by atoms with Gasteiger partial charge in [-0.15, -0.1) is 11.3 Å². The molecule has 0 aliphatic carbocycles. The number of carboxylic acid groups (broad SMARTS) is 1. The molecule has 188 valence electrons. The van der Waals surface area contributed by atoms with E-state index in [2.05, 4.69) is 52.2 Å². The van der Waals surface area contributed by atoms with Gasteiger partial charge in [-0.05, 0) is 65.0 Å². The molecular weight excluding hydrogens is 631 g/mol. The first kappa shape index (κ1) is 26.7. The summed E-state index contributed by atoms with van der Waals surface area (Å²) < 4.78 is 9.56. The smallest absolute Gasteiger partial charge is 0.339 e. The third-order valence-electron chi connectivity index (χ3n) is 5.32. The number of aromatic nitrogens is 3. The van der Waals surface area contributed by atoms with Crippen molar-refractivity contribution >= 4 is 82.5 Å². The molecule has 1 amide bonds. The average Bonchev–Trinajstić information content (AvgIpc) is 3.46. The van der Waals surface area contributed by atoms with E-state index in [4.69, 9.17) is 16.5 Å². The zero-order valence-corrected chi connectivity index (χ0v) is 24.6. The van der Waals surface area contributed by atoms with Gasteiger partial charge in [0, 0.05) is 36.2 Å². The Morgan fingerprint density at radius 2 is 1.92 bits per heavy atom. The van der Waals surface area contributed by atoms with Crippen LogP contribution in [0.15, 0.2) is 48.8 Å². The summed E-state index contributed by atoms with van der Waals surface area (Å²) in [6.07, 6.45) is 3.07. The van der Waals surface area contributed by atoms with Crippen LogP contribution >= 0.6 is 45.7 Å². The van der Waals surface area contributed by atoms with Gasteiger partial charge in [-0.1, -0.05) is 19.6 Å². The van der Waals surface area contributed by atoms with Crippen molar-refractivity contribution < 1.29 is 19.4 Å². The van der Waals surface area contributed by atoms with E-state index < -0.39 is 14.0 Å². The third-order valence-corrected chi connectivity index (χ3v) is 9.19. The number of ether oxygens (including phenoxy) is 1. The molecule has 0 radical (unpaired) electrons. The van der Waals surface area contributed by atoms with Crippen molar-refractivity contribution in [2.45, 2.75) is 32.4 Å². The van der Waals surface area contributed by atoms with Crippen molar-refractivity contribution in [2.75, 3.05) is 11.0 Å². The second-order valence-corrected chi connectivity index (χ2v) is 17.6. The van der Waals surface area contributed by atoms with Gasteiger partial charge in [0.1, 0.15) is 17.8 Å². The molecule has 12 heteroatoms. The topological polar surface area (TPSA) is 97.5 Å². The number of hydrogen-bond donors (Lipinski definition) is 1. The van der Waals surface area contributed by atoms with Crippen LogP contribution in [0.4, 0.5) is 5.69 Å². The van der Waals surface area contributed by atoms with Gasteiger partial charge in [0.15, 0.2) is 5.65 Å². The van der Waals surface area contributed by atoms with Crippen molar-refractivity contribution in [3.05, 3.63) is 62.8 Å². The maximum Gasteiger partial charge on any atom is 0.339 e. The Balaban J connectivity index is 1.57. The molecule has 3 heterocycles. The van der Waals surface area contributed by atoms with E-state index in [0.29, 0.717) is 33.4 Å². The number of carboxylic acids is 1. The molecule has 3 aromatic heterocycles. The van der Waals surface area contributed by atoms with E-state index in [1.165, 1.54) is 17.5 Å². The highest BCUT2D eigenvalue weighted by Crippen LogP contribution is 2.31. The largest absolute Gasteiger partial charge is 0.478 e. The van der Waals surface area contributed by atoms with Gasteiger partial charge in [0.05, 0.1) is 27.3 Å². The first-order chi connectivity index (χ1) is 17.0. The third kappa shape index (κ3) is 6.14. The number of hydrogen-bond acceptors (Lipinski definition) is 6. The predicted molar refractivity (Wildman–Crippen MR) is 154 cm³/mol. The lowest BCUT2D eigenvalue weighted by Crippen LogP contribution is -2.22. The standard InChI is InChI=1S/C24H24ClIN4O4SSi/c1-36(2,3)11-10-34-14-29-13-17(24(32)33)21-22(29)27-12-18(28-21)19-8-9-20(35-19)23(31)30(25)16-6-4-15(26)5-7-16/h4-9,12-13H,10-11,14H2,1-3H3,(H,32,33). The predicted octanol–water partition coefficient (Wildman–Crippen LogP) is 6.58. The second kappa shape index (κ2) is 11.0. The summed E-state index contributed by atoms with van der Waals surface area (Å²) in [7, 11) is -1.23. The molecule has 0 saturated carbocycles. The van der Waals surface area contributed by atoms with Crippen molar-refractivity contribution in [1.82, 2.24) is 14.5 Å². The van der Waals surface area contributed by atoms with E-state index >= 15 is 0 Å². The summed E-state index contributed by atoms with van der Waals surface area (Å²) in [5, 5.41) is 9.72. The fourth-order valence-corrected chi connectivity index (χ4v) is 5.60. The Hall–Kier alpha value is -2.32. The molecule has 36 heavy (non-hydrogen) atoms. The Bertz CT molecular complexity index is 1420. The second-order valence-electron chi connectivity index (χ2n) is 9.32. The molecule has 0 saturated heterocycles. The minimum atomic E-state index is -1.23. The molecule has 4 rings (SSSR count). The molecule has 8 nitrogen and oxygen atoms in total. The lowest BCUT2D eigenvalue weighted by Gasteiger charge is -2.15. The number of thiophene rings is 1. The van der Waals surface area contributed by atoms with Crippen molar-refractivity contribution in [2.24, 2.45) is 0 Å². The Morgan fingerprint density at radius 1 is 1.19 bits per heavy atom. The highest BCUT2D eigenvalue weighted by Gasteiger charge is 2.21. The average molecular weight is 655 g/mol. The van der Waals surface area contributed by atoms with Crippen LogP contribution in [0.1, 0.15) is 20.0 Å². The molecular formula is C24H24ClIN4O4SSi. The minimum absolute atomic E-state index is 0.0478. The van der Waals surface area contributed by atoms with Crippen LogP contribution in [0.25, 0.3) is 21.7 Å². The molecule has 0 aliphatic heterocycles. The number of rotatable bonds is 9. The lowest BCUT2D eigenvalue weighted by molar-refractivity contribution is 0.0695. The summed E-state index contributed by atoms with van der Waals surface area (Å²) in [4.78, 5) is 34.9. The summed E-state index contributed by atoms with van der Waals surface area (Å²) in [5.41, 5.74) is 1.79. The van der Waals surface area contributed by atoms with Gasteiger partial charge in [-0.3, -0.25) is 4.79 Å². The van der Waals surface area contributed by atoms with Crippen LogP contribution in [0.3, 0.4) is 0 Å². The van der Waals surface area contributed by atoms with Gasteiger partial charge in [0.25, 0.3) is 5.91 Å². The van der Waals surface area contributed by atoms with Crippen molar-refractivity contribution in [3.8, 4) is 10.6 Å². The number of anilines is 1. The Labute approximate surface area is 232 Å². The molecule has 0 fully saturated rings. The van der Waals surface area contributed by atoms with Gasteiger partial charge in [-0.25, -0.2) is 19.2 Å². The number of carbonyl (C=O) groups excluding carboxylic acids is 1. The number of carbonyl (C=O) groups is 2. The quantitative estimate of drug-likeness (QED) is 0.0949. The van der Waals surface area contributed by atoms with E-state index in [0.717, 1.165) is 14.0 Å². The van der Waals surface area contributed by atoms with Crippen LogP contribution in [0.5, 0.6) is 0 Å². The number of aromatic carboxylic acids is 1. The van der Waals surface area contributed by atoms with Gasteiger partial charge in [0.2, 0.25) is 0 Å². The van der Waals surface area contributed by atoms with Crippen molar-refractivity contribution in [3.63, 3.8) is 0 Å². The summed E-state index contributed by atoms with van der Waals surface area (Å²) in [6, 6.07) is 11.7. The number of benzene rings is 1. The number of amides is 1. The highest BCUT2D eigenvalue weighted by molar-refractivity contribution is 14.1. The van der Waals surface area contributed by atoms with Gasteiger partial charge < -0.3 is 14.4 Å². The first-order valence-electron chi connectivity index (χ1n) is 11.1. The van der Waals surface area contributed by atoms with Crippen molar-refractivity contribution in [1.29, 1.82) is 0 Å². The van der Waals surface area contributed by atoms with E-state index in [1.807, 2.05) is 12.1 Å². The van der Waals surface area contributed by atoms with Crippen LogP contribution in [0, 0.1) is 3.57 Å². The molecule has 0 bridgehead atoms. The maximum atomic E-state index is 12.9. The Kier molecular flexibility index (Phi) is 8.14. The fraction of sp³-hybridized carbons (Fsp3) is 0.250. The minimum Gasteiger partial charge on any atom is -0.478 e. The summed E-state index contributed by atoms with van der Waals surface area (Å²) in [6.45, 7) is 7.62. The highest BCUT2D eigenvalue weighted by atomic mass is 127. The monoisotopic (exact) mass is 654 g/mol. The van der Waals surface area contributed by atoms with E-state index in [1.54, 1.807) is 35.0 Å². The molecule has 1 aromatic carbocycles. The zero-order valence-electron chi connectivity index (χ0n) is 19.9. The number of nitrogens with zero attached hydrogens (tertiary/aromatic N) is 4. The first-order valence-corrected chi connectivity index (χ1v) is 17.0. The van der Waals surface area contributed by atoms with Crippen LogP contribution in [0.2, 0.25) is 25.7 Å². The Morgan fingerprint density at radius 3 is 2.58 bits per heavy atom. The zero-order chi connectivity index (χ0) is 26.0. The number of fused-ring (bicyclic) bond motifs is 1. The van der Waals surface area contributed by atoms with Crippen LogP contribution in [-0.2, 0) is 11.5 Å². The normalized spacial score (nSPS) is 11.7. The molecule has 1 N–H and O–H groups in total. The summed E-state index contributed by atoms with van der Waals surface area (Å²) >= 11 is 9.69. The lowest BCUT2D eigenvalue weighted by atomic mass is 10.3. The fourth-order valence-electron chi connectivity index (χ4n) is 3.34. The maximum absolute atomic E-state index is 12.9. The van der Waals surface area contributed by atoms with Gasteiger partial charge >= 0.3 is 5.97 Å². The molecule has 0 spiro atoms. The van der Waals surface area contributed by atoms with Crippen LogP contribution in [-0.4, -0.2) is 46.2 Å². The summed E-state index contributed by atoms with van der Waals surface area (Å²) in [5.74, 6) is -1.46. The van der Waals surface area contributed by atoms with Crippen LogP contribution < -0.4 is 4.42 Å². The molecule has 0 unspecified atom stereocenters. The molecule has 0 aliphatic rings. The van der Waals surface area contributed by atoms with E-state index in [9.17, 15) is 14.7 Å². The van der Waals surface area contributed by atoms with Gasteiger partial charge in [-0.2, -0.15) is 0 Å². The number of halogens is 2. The molecule has 0 atom stereocenters. The van der Waals surface area contributed by atoms with E-state index in [-0.39, 0.29) is 23.7 Å².